The lowest BCUT2D eigenvalue weighted by Gasteiger charge is -2.24. The Morgan fingerprint density at radius 2 is 2.06 bits per heavy atom. The van der Waals surface area contributed by atoms with Crippen LogP contribution in [0.3, 0.4) is 0 Å². The first kappa shape index (κ1) is 12.7. The van der Waals surface area contributed by atoms with Gasteiger partial charge in [0, 0.05) is 6.54 Å². The quantitative estimate of drug-likeness (QED) is 0.773. The van der Waals surface area contributed by atoms with Crippen LogP contribution in [0.15, 0.2) is 24.3 Å². The Morgan fingerprint density at radius 1 is 1.38 bits per heavy atom. The summed E-state index contributed by atoms with van der Waals surface area (Å²) in [6.45, 7) is 7.33. The van der Waals surface area contributed by atoms with E-state index in [1.165, 1.54) is 5.56 Å². The van der Waals surface area contributed by atoms with Crippen LogP contribution in [0.2, 0.25) is 0 Å². The second-order valence-corrected chi connectivity index (χ2v) is 4.78. The zero-order valence-electron chi connectivity index (χ0n) is 10.6. The van der Waals surface area contributed by atoms with Gasteiger partial charge in [0.1, 0.15) is 6.04 Å². The number of nitrogens with zero attached hydrogens (tertiary/aromatic N) is 2. The fraction of sp³-hybridized carbons (Fsp3) is 0.500. The van der Waals surface area contributed by atoms with Crippen molar-refractivity contribution in [2.45, 2.75) is 26.8 Å². The molecule has 0 aromatic heterocycles. The highest BCUT2D eigenvalue weighted by Crippen LogP contribution is 2.20. The van der Waals surface area contributed by atoms with Gasteiger partial charge in [-0.15, -0.1) is 0 Å². The molecule has 0 aliphatic rings. The summed E-state index contributed by atoms with van der Waals surface area (Å²) < 4.78 is 0. The van der Waals surface area contributed by atoms with Crippen molar-refractivity contribution in [1.82, 2.24) is 4.90 Å². The molecule has 0 spiro atoms. The van der Waals surface area contributed by atoms with Crippen molar-refractivity contribution in [3.05, 3.63) is 35.4 Å². The van der Waals surface area contributed by atoms with Crippen LogP contribution in [0, 0.1) is 24.2 Å². The van der Waals surface area contributed by atoms with Gasteiger partial charge in [-0.3, -0.25) is 4.90 Å². The van der Waals surface area contributed by atoms with E-state index in [-0.39, 0.29) is 6.04 Å². The van der Waals surface area contributed by atoms with Crippen LogP contribution < -0.4 is 0 Å². The molecule has 0 N–H and O–H groups in total. The van der Waals surface area contributed by atoms with Crippen molar-refractivity contribution in [3.8, 4) is 6.07 Å². The molecule has 1 aromatic rings. The minimum atomic E-state index is -0.137. The summed E-state index contributed by atoms with van der Waals surface area (Å²) in [4.78, 5) is 2.11. The van der Waals surface area contributed by atoms with E-state index in [1.54, 1.807) is 0 Å². The molecule has 0 aliphatic carbocycles. The average Bonchev–Trinajstić information content (AvgIpc) is 2.17. The van der Waals surface area contributed by atoms with Crippen LogP contribution >= 0.6 is 0 Å². The summed E-state index contributed by atoms with van der Waals surface area (Å²) in [6, 6.07) is 10.4. The van der Waals surface area contributed by atoms with Gasteiger partial charge in [-0.25, -0.2) is 0 Å². The molecular weight excluding hydrogens is 196 g/mol. The summed E-state index contributed by atoms with van der Waals surface area (Å²) in [6.07, 6.45) is 0. The zero-order chi connectivity index (χ0) is 12.1. The van der Waals surface area contributed by atoms with E-state index in [2.05, 4.69) is 43.9 Å². The maximum atomic E-state index is 9.26. The van der Waals surface area contributed by atoms with Crippen LogP contribution in [0.4, 0.5) is 0 Å². The van der Waals surface area contributed by atoms with Crippen molar-refractivity contribution < 1.29 is 0 Å². The number of benzene rings is 1. The molecule has 1 rings (SSSR count). The molecule has 0 saturated carbocycles. The fourth-order valence-corrected chi connectivity index (χ4v) is 1.95. The fourth-order valence-electron chi connectivity index (χ4n) is 1.95. The highest BCUT2D eigenvalue weighted by Gasteiger charge is 2.16. The van der Waals surface area contributed by atoms with Gasteiger partial charge in [0.25, 0.3) is 0 Å². The third-order valence-corrected chi connectivity index (χ3v) is 2.57. The molecule has 16 heavy (non-hydrogen) atoms. The summed E-state index contributed by atoms with van der Waals surface area (Å²) in [5.74, 6) is 0.575. The van der Waals surface area contributed by atoms with Gasteiger partial charge in [0.2, 0.25) is 0 Å². The Kier molecular flexibility index (Phi) is 4.52. The molecule has 0 saturated heterocycles. The monoisotopic (exact) mass is 216 g/mol. The van der Waals surface area contributed by atoms with Crippen molar-refractivity contribution in [2.24, 2.45) is 5.92 Å². The van der Waals surface area contributed by atoms with Gasteiger partial charge in [0.15, 0.2) is 0 Å². The van der Waals surface area contributed by atoms with E-state index >= 15 is 0 Å². The van der Waals surface area contributed by atoms with Crippen molar-refractivity contribution in [2.75, 3.05) is 13.6 Å². The first-order chi connectivity index (χ1) is 7.54. The molecule has 1 unspecified atom stereocenters. The summed E-state index contributed by atoms with van der Waals surface area (Å²) in [7, 11) is 2.01. The number of hydrogen-bond acceptors (Lipinski definition) is 2. The molecule has 0 bridgehead atoms. The van der Waals surface area contributed by atoms with Crippen LogP contribution in [0.1, 0.15) is 31.0 Å². The van der Waals surface area contributed by atoms with Gasteiger partial charge in [-0.1, -0.05) is 43.7 Å². The predicted molar refractivity (Wildman–Crippen MR) is 67.0 cm³/mol. The van der Waals surface area contributed by atoms with Crippen molar-refractivity contribution in [3.63, 3.8) is 0 Å². The highest BCUT2D eigenvalue weighted by atomic mass is 15.1. The topological polar surface area (TPSA) is 27.0 Å². The number of nitriles is 1. The lowest BCUT2D eigenvalue weighted by atomic mass is 10.0. The molecule has 0 radical (unpaired) electrons. The highest BCUT2D eigenvalue weighted by molar-refractivity contribution is 5.28. The first-order valence-electron chi connectivity index (χ1n) is 5.71. The molecule has 0 aliphatic heterocycles. The molecule has 2 heteroatoms. The molecule has 1 atom stereocenters. The smallest absolute Gasteiger partial charge is 0.123 e. The number of aryl methyl sites for hydroxylation is 1. The normalized spacial score (nSPS) is 12.8. The van der Waals surface area contributed by atoms with Crippen LogP contribution in [0.25, 0.3) is 0 Å². The molecule has 0 heterocycles. The SMILES string of the molecule is Cc1cccc(C(C#N)N(C)CC(C)C)c1. The van der Waals surface area contributed by atoms with Crippen molar-refractivity contribution in [1.29, 1.82) is 5.26 Å². The maximum absolute atomic E-state index is 9.26. The average molecular weight is 216 g/mol. The second kappa shape index (κ2) is 5.67. The summed E-state index contributed by atoms with van der Waals surface area (Å²) in [5.41, 5.74) is 2.29. The maximum Gasteiger partial charge on any atom is 0.123 e. The molecule has 2 nitrogen and oxygen atoms in total. The number of rotatable bonds is 4. The van der Waals surface area contributed by atoms with Crippen molar-refractivity contribution >= 4 is 0 Å². The standard InChI is InChI=1S/C14H20N2/c1-11(2)10-16(4)14(9-15)13-7-5-6-12(3)8-13/h5-8,11,14H,10H2,1-4H3. The first-order valence-corrected chi connectivity index (χ1v) is 5.71. The molecule has 0 fully saturated rings. The molecular formula is C14H20N2. The second-order valence-electron chi connectivity index (χ2n) is 4.78. The van der Waals surface area contributed by atoms with Gasteiger partial charge in [-0.05, 0) is 25.5 Å². The van der Waals surface area contributed by atoms with Gasteiger partial charge in [-0.2, -0.15) is 5.26 Å². The van der Waals surface area contributed by atoms with E-state index in [4.69, 9.17) is 0 Å². The Morgan fingerprint density at radius 3 is 2.56 bits per heavy atom. The van der Waals surface area contributed by atoms with E-state index in [9.17, 15) is 5.26 Å². The Hall–Kier alpha value is -1.33. The van der Waals surface area contributed by atoms with E-state index in [0.717, 1.165) is 12.1 Å². The Labute approximate surface area is 98.5 Å². The van der Waals surface area contributed by atoms with E-state index < -0.39 is 0 Å². The van der Waals surface area contributed by atoms with Crippen LogP contribution in [-0.2, 0) is 0 Å². The summed E-state index contributed by atoms with van der Waals surface area (Å²) in [5, 5.41) is 9.26. The third-order valence-electron chi connectivity index (χ3n) is 2.57. The minimum Gasteiger partial charge on any atom is -0.287 e. The lowest BCUT2D eigenvalue weighted by molar-refractivity contribution is 0.259. The van der Waals surface area contributed by atoms with E-state index in [1.807, 2.05) is 19.2 Å². The number of hydrogen-bond donors (Lipinski definition) is 0. The lowest BCUT2D eigenvalue weighted by Crippen LogP contribution is -2.27. The van der Waals surface area contributed by atoms with Gasteiger partial charge in [0.05, 0.1) is 6.07 Å². The molecule has 86 valence electrons. The Bertz CT molecular complexity index is 377. The summed E-state index contributed by atoms with van der Waals surface area (Å²) >= 11 is 0. The van der Waals surface area contributed by atoms with Gasteiger partial charge >= 0.3 is 0 Å². The minimum absolute atomic E-state index is 0.137. The van der Waals surface area contributed by atoms with Gasteiger partial charge < -0.3 is 0 Å². The third kappa shape index (κ3) is 3.36. The zero-order valence-corrected chi connectivity index (χ0v) is 10.6. The van der Waals surface area contributed by atoms with Crippen LogP contribution in [-0.4, -0.2) is 18.5 Å². The molecule has 0 amide bonds. The van der Waals surface area contributed by atoms with E-state index in [0.29, 0.717) is 5.92 Å². The predicted octanol–water partition coefficient (Wildman–Crippen LogP) is 3.15. The molecule has 1 aromatic carbocycles. The van der Waals surface area contributed by atoms with Crippen LogP contribution in [0.5, 0.6) is 0 Å². The largest absolute Gasteiger partial charge is 0.287 e. The Balaban J connectivity index is 2.86.